The van der Waals surface area contributed by atoms with Gasteiger partial charge in [0, 0.05) is 32.0 Å². The predicted octanol–water partition coefficient (Wildman–Crippen LogP) is 2.43. The molecule has 0 amide bonds. The average molecular weight is 300 g/mol. The molecule has 1 fully saturated rings. The number of benzene rings is 1. The van der Waals surface area contributed by atoms with Crippen LogP contribution >= 0.6 is 0 Å². The van der Waals surface area contributed by atoms with Crippen LogP contribution in [0.4, 0.5) is 5.82 Å². The Kier molecular flexibility index (Phi) is 4.32. The van der Waals surface area contributed by atoms with Crippen molar-refractivity contribution in [2.24, 2.45) is 0 Å². The Labute approximate surface area is 129 Å². The van der Waals surface area contributed by atoms with E-state index in [-0.39, 0.29) is 11.7 Å². The molecule has 1 aliphatic rings. The molecule has 0 bridgehead atoms. The van der Waals surface area contributed by atoms with Gasteiger partial charge in [-0.1, -0.05) is 18.2 Å². The molecule has 116 valence electrons. The van der Waals surface area contributed by atoms with Gasteiger partial charge in [-0.05, 0) is 18.2 Å². The maximum Gasteiger partial charge on any atom is 0.249 e. The van der Waals surface area contributed by atoms with Gasteiger partial charge in [-0.2, -0.15) is 0 Å². The number of ether oxygens (including phenoxy) is 2. The van der Waals surface area contributed by atoms with E-state index < -0.39 is 0 Å². The van der Waals surface area contributed by atoms with E-state index >= 15 is 0 Å². The monoisotopic (exact) mass is 300 g/mol. The van der Waals surface area contributed by atoms with Gasteiger partial charge in [0.25, 0.3) is 0 Å². The van der Waals surface area contributed by atoms with Crippen LogP contribution in [-0.2, 0) is 0 Å². The van der Waals surface area contributed by atoms with Gasteiger partial charge < -0.3 is 19.4 Å². The van der Waals surface area contributed by atoms with Crippen LogP contribution in [0.25, 0.3) is 0 Å². The van der Waals surface area contributed by atoms with Crippen LogP contribution in [0.1, 0.15) is 12.8 Å². The third-order valence-electron chi connectivity index (χ3n) is 3.90. The summed E-state index contributed by atoms with van der Waals surface area (Å²) in [6.45, 7) is 1.72. The Bertz CT molecular complexity index is 675. The smallest absolute Gasteiger partial charge is 0.249 e. The summed E-state index contributed by atoms with van der Waals surface area (Å²) in [4.78, 5) is 16.4. The van der Waals surface area contributed by atoms with Crippen molar-refractivity contribution in [1.29, 1.82) is 0 Å². The number of anilines is 1. The Morgan fingerprint density at radius 2 is 1.77 bits per heavy atom. The average Bonchev–Trinajstić information content (AvgIpc) is 2.56. The van der Waals surface area contributed by atoms with Crippen LogP contribution in [-0.4, -0.2) is 31.3 Å². The predicted molar refractivity (Wildman–Crippen MR) is 85.9 cm³/mol. The number of rotatable bonds is 4. The minimum absolute atomic E-state index is 0.0649. The Morgan fingerprint density at radius 3 is 2.45 bits per heavy atom. The molecule has 2 aromatic rings. The lowest BCUT2D eigenvalue weighted by atomic mass is 10.1. The zero-order valence-electron chi connectivity index (χ0n) is 12.6. The van der Waals surface area contributed by atoms with Gasteiger partial charge in [0.2, 0.25) is 5.56 Å². The van der Waals surface area contributed by atoms with Crippen molar-refractivity contribution in [3.05, 3.63) is 52.8 Å². The molecule has 5 heteroatoms. The number of hydrogen-bond acceptors (Lipinski definition) is 4. The highest BCUT2D eigenvalue weighted by atomic mass is 16.5. The van der Waals surface area contributed by atoms with Gasteiger partial charge in [-0.25, -0.2) is 0 Å². The molecular weight excluding hydrogens is 280 g/mol. The van der Waals surface area contributed by atoms with E-state index in [2.05, 4.69) is 9.88 Å². The molecule has 1 aromatic carbocycles. The van der Waals surface area contributed by atoms with Crippen molar-refractivity contribution in [3.8, 4) is 11.5 Å². The normalized spacial score (nSPS) is 15.6. The van der Waals surface area contributed by atoms with Gasteiger partial charge in [0.1, 0.15) is 11.9 Å². The maximum atomic E-state index is 11.4. The standard InChI is InChI=1S/C17H20N2O3/c1-21-14-5-2-3-6-15(14)22-13-9-11-19(12-10-13)16-7-4-8-17(20)18-16/h2-8,13H,9-12H2,1H3,(H,18,20). The molecule has 0 radical (unpaired) electrons. The number of H-pyrrole nitrogens is 1. The summed E-state index contributed by atoms with van der Waals surface area (Å²) in [5.74, 6) is 2.43. The van der Waals surface area contributed by atoms with Crippen LogP contribution in [0.15, 0.2) is 47.3 Å². The lowest BCUT2D eigenvalue weighted by Gasteiger charge is -2.33. The van der Waals surface area contributed by atoms with Crippen LogP contribution in [0, 0.1) is 0 Å². The van der Waals surface area contributed by atoms with E-state index in [0.29, 0.717) is 0 Å². The topological polar surface area (TPSA) is 54.6 Å². The van der Waals surface area contributed by atoms with E-state index in [0.717, 1.165) is 43.2 Å². The van der Waals surface area contributed by atoms with E-state index in [1.807, 2.05) is 30.3 Å². The van der Waals surface area contributed by atoms with Crippen molar-refractivity contribution in [2.75, 3.05) is 25.1 Å². The number of methoxy groups -OCH3 is 1. The van der Waals surface area contributed by atoms with Crippen molar-refractivity contribution >= 4 is 5.82 Å². The largest absolute Gasteiger partial charge is 0.493 e. The highest BCUT2D eigenvalue weighted by molar-refractivity contribution is 5.40. The molecule has 1 N–H and O–H groups in total. The second kappa shape index (κ2) is 6.56. The molecular formula is C17H20N2O3. The molecule has 1 aromatic heterocycles. The quantitative estimate of drug-likeness (QED) is 0.942. The summed E-state index contributed by atoms with van der Waals surface area (Å²) in [6, 6.07) is 13.0. The van der Waals surface area contributed by atoms with Crippen molar-refractivity contribution in [1.82, 2.24) is 4.98 Å². The van der Waals surface area contributed by atoms with E-state index in [9.17, 15) is 4.79 Å². The number of piperidine rings is 1. The zero-order chi connectivity index (χ0) is 15.4. The molecule has 5 nitrogen and oxygen atoms in total. The third-order valence-corrected chi connectivity index (χ3v) is 3.90. The Morgan fingerprint density at radius 1 is 1.05 bits per heavy atom. The van der Waals surface area contributed by atoms with Gasteiger partial charge >= 0.3 is 0 Å². The molecule has 0 spiro atoms. The second-order valence-electron chi connectivity index (χ2n) is 5.36. The number of aromatic amines is 1. The van der Waals surface area contributed by atoms with E-state index in [1.54, 1.807) is 13.2 Å². The van der Waals surface area contributed by atoms with Crippen molar-refractivity contribution in [2.45, 2.75) is 18.9 Å². The lowest BCUT2D eigenvalue weighted by Crippen LogP contribution is -2.39. The first-order valence-corrected chi connectivity index (χ1v) is 7.50. The molecule has 1 aliphatic heterocycles. The van der Waals surface area contributed by atoms with Crippen LogP contribution in [0.2, 0.25) is 0 Å². The highest BCUT2D eigenvalue weighted by Crippen LogP contribution is 2.29. The fourth-order valence-corrected chi connectivity index (χ4v) is 2.73. The minimum Gasteiger partial charge on any atom is -0.493 e. The molecule has 22 heavy (non-hydrogen) atoms. The molecule has 0 atom stereocenters. The van der Waals surface area contributed by atoms with Gasteiger partial charge in [-0.15, -0.1) is 0 Å². The number of nitrogens with one attached hydrogen (secondary N) is 1. The molecule has 3 rings (SSSR count). The number of nitrogens with zero attached hydrogens (tertiary/aromatic N) is 1. The summed E-state index contributed by atoms with van der Waals surface area (Å²) in [5, 5.41) is 0. The summed E-state index contributed by atoms with van der Waals surface area (Å²) in [6.07, 6.45) is 1.99. The summed E-state index contributed by atoms with van der Waals surface area (Å²) in [5.41, 5.74) is -0.0649. The number of para-hydroxylation sites is 2. The summed E-state index contributed by atoms with van der Waals surface area (Å²) in [7, 11) is 1.65. The summed E-state index contributed by atoms with van der Waals surface area (Å²) >= 11 is 0. The SMILES string of the molecule is COc1ccccc1OC1CCN(c2cccc(=O)[nH]2)CC1. The number of aromatic nitrogens is 1. The number of pyridine rings is 1. The third kappa shape index (κ3) is 3.24. The first-order valence-electron chi connectivity index (χ1n) is 7.50. The van der Waals surface area contributed by atoms with E-state index in [4.69, 9.17) is 9.47 Å². The molecule has 0 unspecified atom stereocenters. The first-order chi connectivity index (χ1) is 10.8. The summed E-state index contributed by atoms with van der Waals surface area (Å²) < 4.78 is 11.4. The molecule has 0 aliphatic carbocycles. The van der Waals surface area contributed by atoms with Gasteiger partial charge in [0.05, 0.1) is 7.11 Å². The first kappa shape index (κ1) is 14.5. The maximum absolute atomic E-state index is 11.4. The van der Waals surface area contributed by atoms with Crippen LogP contribution in [0.3, 0.4) is 0 Å². The van der Waals surface area contributed by atoms with Crippen molar-refractivity contribution < 1.29 is 9.47 Å². The van der Waals surface area contributed by atoms with Crippen molar-refractivity contribution in [3.63, 3.8) is 0 Å². The fraction of sp³-hybridized carbons (Fsp3) is 0.353. The molecule has 2 heterocycles. The molecule has 0 saturated carbocycles. The van der Waals surface area contributed by atoms with Crippen LogP contribution in [0.5, 0.6) is 11.5 Å². The Hall–Kier alpha value is -2.43. The Balaban J connectivity index is 1.61. The highest BCUT2D eigenvalue weighted by Gasteiger charge is 2.22. The zero-order valence-corrected chi connectivity index (χ0v) is 12.6. The lowest BCUT2D eigenvalue weighted by molar-refractivity contribution is 0.164. The van der Waals surface area contributed by atoms with E-state index in [1.165, 1.54) is 6.07 Å². The fourth-order valence-electron chi connectivity index (χ4n) is 2.73. The van der Waals surface area contributed by atoms with Gasteiger partial charge in [-0.3, -0.25) is 4.79 Å². The minimum atomic E-state index is -0.0649. The molecule has 1 saturated heterocycles. The second-order valence-corrected chi connectivity index (χ2v) is 5.36. The number of hydrogen-bond donors (Lipinski definition) is 1. The van der Waals surface area contributed by atoms with Gasteiger partial charge in [0.15, 0.2) is 11.5 Å². The van der Waals surface area contributed by atoms with Crippen LogP contribution < -0.4 is 19.9 Å².